The lowest BCUT2D eigenvalue weighted by molar-refractivity contribution is -0.131. The van der Waals surface area contributed by atoms with Crippen LogP contribution in [-0.4, -0.2) is 61.2 Å². The van der Waals surface area contributed by atoms with E-state index in [0.717, 1.165) is 42.9 Å². The SMILES string of the molecule is COc1ccc([C@@H]2CC(=O)N(CC(=O)Nc3ccc(C(=O)O)cc3)C2)cc1CC1CCOC1. The summed E-state index contributed by atoms with van der Waals surface area (Å²) in [5.74, 6) is -0.0598. The van der Waals surface area contributed by atoms with Crippen LogP contribution in [0.1, 0.15) is 40.2 Å². The third-order valence-electron chi connectivity index (χ3n) is 6.27. The second kappa shape index (κ2) is 10.0. The van der Waals surface area contributed by atoms with Crippen molar-refractivity contribution in [3.63, 3.8) is 0 Å². The molecule has 2 N–H and O–H groups in total. The number of benzene rings is 2. The van der Waals surface area contributed by atoms with Gasteiger partial charge in [-0.25, -0.2) is 4.79 Å². The van der Waals surface area contributed by atoms with E-state index in [4.69, 9.17) is 14.6 Å². The molecule has 1 unspecified atom stereocenters. The summed E-state index contributed by atoms with van der Waals surface area (Å²) in [6.07, 6.45) is 2.28. The van der Waals surface area contributed by atoms with Crippen LogP contribution < -0.4 is 10.1 Å². The Morgan fingerprint density at radius 3 is 2.67 bits per heavy atom. The Bertz CT molecular complexity index is 1030. The first-order chi connectivity index (χ1) is 15.9. The lowest BCUT2D eigenvalue weighted by atomic mass is 9.92. The third-order valence-corrected chi connectivity index (χ3v) is 6.27. The molecule has 33 heavy (non-hydrogen) atoms. The minimum absolute atomic E-state index is 0.0182. The van der Waals surface area contributed by atoms with Gasteiger partial charge in [0.05, 0.1) is 19.2 Å². The first kappa shape index (κ1) is 22.8. The highest BCUT2D eigenvalue weighted by molar-refractivity contribution is 5.95. The monoisotopic (exact) mass is 452 g/mol. The first-order valence-electron chi connectivity index (χ1n) is 11.1. The highest BCUT2D eigenvalue weighted by Crippen LogP contribution is 2.33. The molecule has 0 bridgehead atoms. The highest BCUT2D eigenvalue weighted by atomic mass is 16.5. The fourth-order valence-electron chi connectivity index (χ4n) is 4.49. The molecular formula is C25H28N2O6. The van der Waals surface area contributed by atoms with Gasteiger partial charge in [0.2, 0.25) is 11.8 Å². The summed E-state index contributed by atoms with van der Waals surface area (Å²) in [6, 6.07) is 12.0. The standard InChI is InChI=1S/C25H28N2O6/c1-32-22-7-4-18(11-19(22)10-16-8-9-33-15-16)20-12-24(29)27(13-20)14-23(28)26-21-5-2-17(3-6-21)25(30)31/h2-7,11,16,20H,8-10,12-15H2,1H3,(H,26,28)(H,30,31)/t16?,20-/m1/s1. The maximum atomic E-state index is 12.6. The maximum absolute atomic E-state index is 12.6. The molecule has 8 nitrogen and oxygen atoms in total. The van der Waals surface area contributed by atoms with Crippen molar-refractivity contribution in [2.45, 2.75) is 25.2 Å². The van der Waals surface area contributed by atoms with Crippen molar-refractivity contribution in [1.29, 1.82) is 0 Å². The molecule has 2 saturated heterocycles. The largest absolute Gasteiger partial charge is 0.496 e. The molecule has 174 valence electrons. The lowest BCUT2D eigenvalue weighted by Crippen LogP contribution is -2.34. The van der Waals surface area contributed by atoms with E-state index in [0.29, 0.717) is 24.6 Å². The number of carbonyl (C=O) groups excluding carboxylic acids is 2. The van der Waals surface area contributed by atoms with E-state index >= 15 is 0 Å². The zero-order valence-corrected chi connectivity index (χ0v) is 18.6. The first-order valence-corrected chi connectivity index (χ1v) is 11.1. The van der Waals surface area contributed by atoms with Gasteiger partial charge in [0.15, 0.2) is 0 Å². The Hall–Kier alpha value is -3.39. The van der Waals surface area contributed by atoms with Crippen molar-refractivity contribution >= 4 is 23.5 Å². The minimum Gasteiger partial charge on any atom is -0.496 e. The summed E-state index contributed by atoms with van der Waals surface area (Å²) >= 11 is 0. The molecule has 4 rings (SSSR count). The number of hydrogen-bond acceptors (Lipinski definition) is 5. The molecule has 2 aromatic rings. The van der Waals surface area contributed by atoms with E-state index < -0.39 is 5.97 Å². The summed E-state index contributed by atoms with van der Waals surface area (Å²) in [5, 5.41) is 11.7. The zero-order chi connectivity index (χ0) is 23.4. The van der Waals surface area contributed by atoms with E-state index in [9.17, 15) is 14.4 Å². The summed E-state index contributed by atoms with van der Waals surface area (Å²) in [5.41, 5.74) is 2.83. The average Bonchev–Trinajstić information content (AvgIpc) is 3.44. The predicted molar refractivity (Wildman–Crippen MR) is 122 cm³/mol. The molecule has 0 aliphatic carbocycles. The fraction of sp³-hybridized carbons (Fsp3) is 0.400. The maximum Gasteiger partial charge on any atom is 0.335 e. The van der Waals surface area contributed by atoms with Crippen molar-refractivity contribution in [3.8, 4) is 5.75 Å². The number of likely N-dealkylation sites (tertiary alicyclic amines) is 1. The Kier molecular flexibility index (Phi) is 6.93. The molecule has 2 aliphatic heterocycles. The van der Waals surface area contributed by atoms with E-state index in [1.165, 1.54) is 24.3 Å². The number of hydrogen-bond donors (Lipinski definition) is 2. The topological polar surface area (TPSA) is 105 Å². The number of nitrogens with one attached hydrogen (secondary N) is 1. The number of aromatic carboxylic acids is 1. The molecule has 0 spiro atoms. The number of carboxylic acid groups (broad SMARTS) is 1. The summed E-state index contributed by atoms with van der Waals surface area (Å²) in [7, 11) is 1.66. The number of carboxylic acids is 1. The van der Waals surface area contributed by atoms with Gasteiger partial charge in [-0.2, -0.15) is 0 Å². The van der Waals surface area contributed by atoms with Gasteiger partial charge in [0.25, 0.3) is 0 Å². The van der Waals surface area contributed by atoms with Crippen LogP contribution in [0.5, 0.6) is 5.75 Å². The molecule has 0 aromatic heterocycles. The molecule has 2 aliphatic rings. The molecule has 0 saturated carbocycles. The van der Waals surface area contributed by atoms with Gasteiger partial charge in [0, 0.05) is 37.8 Å². The van der Waals surface area contributed by atoms with Gasteiger partial charge in [-0.05, 0) is 60.2 Å². The Morgan fingerprint density at radius 1 is 1.21 bits per heavy atom. The smallest absolute Gasteiger partial charge is 0.335 e. The van der Waals surface area contributed by atoms with Crippen LogP contribution in [-0.2, 0) is 20.7 Å². The number of amides is 2. The number of anilines is 1. The number of nitrogens with zero attached hydrogens (tertiary/aromatic N) is 1. The van der Waals surface area contributed by atoms with Crippen molar-refractivity contribution in [2.75, 3.05) is 38.7 Å². The molecule has 2 amide bonds. The summed E-state index contributed by atoms with van der Waals surface area (Å²) < 4.78 is 11.0. The molecule has 2 aromatic carbocycles. The van der Waals surface area contributed by atoms with Crippen molar-refractivity contribution < 1.29 is 29.0 Å². The average molecular weight is 453 g/mol. The predicted octanol–water partition coefficient (Wildman–Crippen LogP) is 2.93. The fourth-order valence-corrected chi connectivity index (χ4v) is 4.49. The van der Waals surface area contributed by atoms with Crippen molar-refractivity contribution in [2.24, 2.45) is 5.92 Å². The number of carbonyl (C=O) groups is 3. The lowest BCUT2D eigenvalue weighted by Gasteiger charge is -2.18. The van der Waals surface area contributed by atoms with Crippen LogP contribution in [0.3, 0.4) is 0 Å². The summed E-state index contributed by atoms with van der Waals surface area (Å²) in [4.78, 5) is 37.6. The third kappa shape index (κ3) is 5.51. The van der Waals surface area contributed by atoms with E-state index in [1.807, 2.05) is 12.1 Å². The quantitative estimate of drug-likeness (QED) is 0.638. The minimum atomic E-state index is -1.03. The molecule has 2 fully saturated rings. The number of rotatable bonds is 8. The van der Waals surface area contributed by atoms with Crippen molar-refractivity contribution in [1.82, 2.24) is 4.90 Å². The molecular weight excluding hydrogens is 424 g/mol. The molecule has 2 heterocycles. The number of ether oxygens (including phenoxy) is 2. The molecule has 8 heteroatoms. The van der Waals surface area contributed by atoms with Crippen LogP contribution in [0.15, 0.2) is 42.5 Å². The van der Waals surface area contributed by atoms with Crippen LogP contribution >= 0.6 is 0 Å². The molecule has 0 radical (unpaired) electrons. The van der Waals surface area contributed by atoms with Gasteiger partial charge in [-0.1, -0.05) is 12.1 Å². The number of methoxy groups -OCH3 is 1. The van der Waals surface area contributed by atoms with Gasteiger partial charge in [-0.3, -0.25) is 9.59 Å². The van der Waals surface area contributed by atoms with E-state index in [1.54, 1.807) is 12.0 Å². The second-order valence-electron chi connectivity index (χ2n) is 8.61. The van der Waals surface area contributed by atoms with E-state index in [2.05, 4.69) is 11.4 Å². The van der Waals surface area contributed by atoms with Crippen molar-refractivity contribution in [3.05, 3.63) is 59.2 Å². The highest BCUT2D eigenvalue weighted by Gasteiger charge is 2.32. The summed E-state index contributed by atoms with van der Waals surface area (Å²) in [6.45, 7) is 1.99. The van der Waals surface area contributed by atoms with Gasteiger partial charge >= 0.3 is 5.97 Å². The van der Waals surface area contributed by atoms with Crippen LogP contribution in [0.4, 0.5) is 5.69 Å². The van der Waals surface area contributed by atoms with Gasteiger partial charge < -0.3 is 24.8 Å². The van der Waals surface area contributed by atoms with Crippen LogP contribution in [0.2, 0.25) is 0 Å². The van der Waals surface area contributed by atoms with Gasteiger partial charge in [-0.15, -0.1) is 0 Å². The Balaban J connectivity index is 1.38. The van der Waals surface area contributed by atoms with Crippen LogP contribution in [0.25, 0.3) is 0 Å². The zero-order valence-electron chi connectivity index (χ0n) is 18.6. The van der Waals surface area contributed by atoms with Gasteiger partial charge in [0.1, 0.15) is 5.75 Å². The second-order valence-corrected chi connectivity index (χ2v) is 8.61. The molecule has 2 atom stereocenters. The Morgan fingerprint density at radius 2 is 2.00 bits per heavy atom. The van der Waals surface area contributed by atoms with E-state index in [-0.39, 0.29) is 29.8 Å². The normalized spacial score (nSPS) is 20.2. The Labute approximate surface area is 192 Å². The van der Waals surface area contributed by atoms with Crippen LogP contribution in [0, 0.1) is 5.92 Å².